The molecule has 1 aromatic carbocycles. The first-order valence-corrected chi connectivity index (χ1v) is 9.14. The molecule has 1 fully saturated rings. The second-order valence-corrected chi connectivity index (χ2v) is 6.99. The maximum Gasteiger partial charge on any atom is 0.147 e. The van der Waals surface area contributed by atoms with E-state index in [2.05, 4.69) is 25.5 Å². The molecule has 0 saturated carbocycles. The highest BCUT2D eigenvalue weighted by atomic mass is 32.1. The Balaban J connectivity index is 1.42. The Morgan fingerprint density at radius 3 is 2.79 bits per heavy atom. The van der Waals surface area contributed by atoms with E-state index in [0.717, 1.165) is 43.5 Å². The Morgan fingerprint density at radius 2 is 2.12 bits per heavy atom. The molecule has 2 aromatic heterocycles. The average Bonchev–Trinajstić information content (AvgIpc) is 3.29. The summed E-state index contributed by atoms with van der Waals surface area (Å²) in [5, 5.41) is 8.80. The van der Waals surface area contributed by atoms with Crippen molar-refractivity contribution in [3.63, 3.8) is 0 Å². The van der Waals surface area contributed by atoms with Crippen molar-refractivity contribution in [2.24, 2.45) is 5.92 Å². The molecule has 0 radical (unpaired) electrons. The van der Waals surface area contributed by atoms with Crippen LogP contribution in [-0.2, 0) is 6.42 Å². The van der Waals surface area contributed by atoms with Gasteiger partial charge in [0.2, 0.25) is 0 Å². The van der Waals surface area contributed by atoms with Crippen molar-refractivity contribution in [1.29, 1.82) is 0 Å². The Bertz CT molecular complexity index is 777. The fourth-order valence-corrected chi connectivity index (χ4v) is 3.94. The summed E-state index contributed by atoms with van der Waals surface area (Å²) in [6.07, 6.45) is 6.69. The molecule has 124 valence electrons. The fourth-order valence-electron chi connectivity index (χ4n) is 3.36. The third-order valence-corrected chi connectivity index (χ3v) is 5.35. The molecule has 0 aliphatic carbocycles. The van der Waals surface area contributed by atoms with Gasteiger partial charge >= 0.3 is 0 Å². The molecular formula is C18H19FN4S. The minimum absolute atomic E-state index is 0.161. The number of piperidine rings is 1. The first-order chi connectivity index (χ1) is 11.8. The van der Waals surface area contributed by atoms with E-state index in [9.17, 15) is 4.39 Å². The van der Waals surface area contributed by atoms with Gasteiger partial charge in [0.1, 0.15) is 5.82 Å². The van der Waals surface area contributed by atoms with Crippen molar-refractivity contribution in [2.75, 3.05) is 18.0 Å². The zero-order valence-electron chi connectivity index (χ0n) is 13.3. The topological polar surface area (TPSA) is 44.8 Å². The number of halogens is 1. The van der Waals surface area contributed by atoms with Crippen molar-refractivity contribution >= 4 is 17.0 Å². The maximum absolute atomic E-state index is 14.5. The van der Waals surface area contributed by atoms with Gasteiger partial charge in [0.05, 0.1) is 23.1 Å². The van der Waals surface area contributed by atoms with Crippen LogP contribution in [0.15, 0.2) is 41.5 Å². The summed E-state index contributed by atoms with van der Waals surface area (Å²) in [5.74, 6) is 0.489. The number of nitrogens with one attached hydrogen (secondary N) is 1. The van der Waals surface area contributed by atoms with E-state index < -0.39 is 0 Å². The summed E-state index contributed by atoms with van der Waals surface area (Å²) in [5.41, 5.74) is 5.54. The number of hydrogen-bond donors (Lipinski definition) is 1. The molecule has 3 heterocycles. The monoisotopic (exact) mass is 342 g/mol. The lowest BCUT2D eigenvalue weighted by atomic mass is 9.92. The Hall–Kier alpha value is -2.21. The van der Waals surface area contributed by atoms with Crippen molar-refractivity contribution in [2.45, 2.75) is 19.3 Å². The highest BCUT2D eigenvalue weighted by Crippen LogP contribution is 2.30. The molecular weight excluding hydrogens is 323 g/mol. The first kappa shape index (κ1) is 15.3. The van der Waals surface area contributed by atoms with E-state index in [0.29, 0.717) is 11.6 Å². The zero-order valence-corrected chi connectivity index (χ0v) is 14.1. The van der Waals surface area contributed by atoms with Crippen LogP contribution in [0.5, 0.6) is 0 Å². The molecule has 6 heteroatoms. The molecule has 0 amide bonds. The number of thiazole rings is 1. The molecule has 1 N–H and O–H groups in total. The second kappa shape index (κ2) is 6.73. The molecule has 4 nitrogen and oxygen atoms in total. The molecule has 0 spiro atoms. The summed E-state index contributed by atoms with van der Waals surface area (Å²) >= 11 is 1.65. The van der Waals surface area contributed by atoms with E-state index in [4.69, 9.17) is 0 Å². The van der Waals surface area contributed by atoms with E-state index in [1.807, 2.05) is 17.6 Å². The van der Waals surface area contributed by atoms with Crippen LogP contribution in [0.2, 0.25) is 0 Å². The molecule has 1 saturated heterocycles. The van der Waals surface area contributed by atoms with Gasteiger partial charge in [-0.1, -0.05) is 6.07 Å². The lowest BCUT2D eigenvalue weighted by Gasteiger charge is -2.33. The Kier molecular flexibility index (Phi) is 4.30. The average molecular weight is 342 g/mol. The molecule has 3 aromatic rings. The number of aromatic amines is 1. The highest BCUT2D eigenvalue weighted by Gasteiger charge is 2.22. The molecule has 0 bridgehead atoms. The smallest absolute Gasteiger partial charge is 0.147 e. The van der Waals surface area contributed by atoms with E-state index >= 15 is 0 Å². The van der Waals surface area contributed by atoms with E-state index in [-0.39, 0.29) is 5.82 Å². The van der Waals surface area contributed by atoms with Gasteiger partial charge in [-0.2, -0.15) is 5.10 Å². The summed E-state index contributed by atoms with van der Waals surface area (Å²) in [7, 11) is 0. The van der Waals surface area contributed by atoms with E-state index in [1.165, 1.54) is 5.69 Å². The predicted molar refractivity (Wildman–Crippen MR) is 94.7 cm³/mol. The Labute approximate surface area is 144 Å². The lowest BCUT2D eigenvalue weighted by molar-refractivity contribution is 0.398. The van der Waals surface area contributed by atoms with Gasteiger partial charge in [0.25, 0.3) is 0 Å². The number of aromatic nitrogens is 3. The summed E-state index contributed by atoms with van der Waals surface area (Å²) in [4.78, 5) is 6.53. The van der Waals surface area contributed by atoms with Crippen molar-refractivity contribution in [1.82, 2.24) is 15.2 Å². The minimum Gasteiger partial charge on any atom is -0.369 e. The number of H-pyrrole nitrogens is 1. The number of rotatable bonds is 4. The van der Waals surface area contributed by atoms with Crippen LogP contribution < -0.4 is 4.90 Å². The van der Waals surface area contributed by atoms with Crippen LogP contribution in [-0.4, -0.2) is 28.3 Å². The molecule has 0 atom stereocenters. The van der Waals surface area contributed by atoms with Crippen LogP contribution in [0.3, 0.4) is 0 Å². The van der Waals surface area contributed by atoms with Gasteiger partial charge in [0.15, 0.2) is 0 Å². The summed E-state index contributed by atoms with van der Waals surface area (Å²) < 4.78 is 14.5. The fraction of sp³-hybridized carbons (Fsp3) is 0.333. The predicted octanol–water partition coefficient (Wildman–Crippen LogP) is 4.13. The van der Waals surface area contributed by atoms with Gasteiger partial charge < -0.3 is 4.90 Å². The minimum atomic E-state index is -0.161. The quantitative estimate of drug-likeness (QED) is 0.775. The first-order valence-electron chi connectivity index (χ1n) is 8.20. The third kappa shape index (κ3) is 3.19. The molecule has 0 unspecified atom stereocenters. The normalized spacial score (nSPS) is 15.8. The standard InChI is InChI=1S/C18H19FN4S/c19-17-8-14(15-9-21-22-10-15)1-2-18(17)23-5-3-13(4-6-23)7-16-11-24-12-20-16/h1-2,8-13H,3-7H2,(H,21,22). The number of anilines is 1. The zero-order chi connectivity index (χ0) is 16.4. The Morgan fingerprint density at radius 1 is 1.25 bits per heavy atom. The maximum atomic E-state index is 14.5. The molecule has 1 aliphatic heterocycles. The van der Waals surface area contributed by atoms with Gasteiger partial charge in [0, 0.05) is 30.2 Å². The van der Waals surface area contributed by atoms with Gasteiger partial charge in [-0.05, 0) is 42.9 Å². The van der Waals surface area contributed by atoms with Gasteiger partial charge in [-0.3, -0.25) is 5.10 Å². The highest BCUT2D eigenvalue weighted by molar-refractivity contribution is 7.07. The molecule has 4 rings (SSSR count). The molecule has 1 aliphatic rings. The number of hydrogen-bond acceptors (Lipinski definition) is 4. The third-order valence-electron chi connectivity index (χ3n) is 4.72. The summed E-state index contributed by atoms with van der Waals surface area (Å²) in [6.45, 7) is 1.80. The SMILES string of the molecule is Fc1cc(-c2cn[nH]c2)ccc1N1CCC(Cc2cscn2)CC1. The van der Waals surface area contributed by atoms with Gasteiger partial charge in [-0.15, -0.1) is 11.3 Å². The largest absolute Gasteiger partial charge is 0.369 e. The summed E-state index contributed by atoms with van der Waals surface area (Å²) in [6, 6.07) is 5.45. The number of benzene rings is 1. The van der Waals surface area contributed by atoms with Crippen molar-refractivity contribution in [3.8, 4) is 11.1 Å². The van der Waals surface area contributed by atoms with Crippen LogP contribution >= 0.6 is 11.3 Å². The van der Waals surface area contributed by atoms with Gasteiger partial charge in [-0.25, -0.2) is 9.37 Å². The number of nitrogens with zero attached hydrogens (tertiary/aromatic N) is 3. The molecule has 24 heavy (non-hydrogen) atoms. The second-order valence-electron chi connectivity index (χ2n) is 6.27. The van der Waals surface area contributed by atoms with Crippen LogP contribution in [0.4, 0.5) is 10.1 Å². The van der Waals surface area contributed by atoms with Crippen molar-refractivity contribution in [3.05, 3.63) is 53.0 Å². The van der Waals surface area contributed by atoms with Crippen molar-refractivity contribution < 1.29 is 4.39 Å². The lowest BCUT2D eigenvalue weighted by Crippen LogP contribution is -2.34. The van der Waals surface area contributed by atoms with E-state index in [1.54, 1.807) is 29.8 Å². The van der Waals surface area contributed by atoms with Crippen LogP contribution in [0.1, 0.15) is 18.5 Å². The van der Waals surface area contributed by atoms with Crippen LogP contribution in [0, 0.1) is 11.7 Å². The van der Waals surface area contributed by atoms with Crippen LogP contribution in [0.25, 0.3) is 11.1 Å².